The molecule has 4 nitrogen and oxygen atoms in total. The second-order valence-corrected chi connectivity index (χ2v) is 6.53. The number of ether oxygens (including phenoxy) is 1. The Morgan fingerprint density at radius 1 is 1.17 bits per heavy atom. The van der Waals surface area contributed by atoms with Gasteiger partial charge in [-0.1, -0.05) is 11.6 Å². The van der Waals surface area contributed by atoms with Gasteiger partial charge in [-0.15, -0.1) is 0 Å². The minimum atomic E-state index is -0.0487. The van der Waals surface area contributed by atoms with Gasteiger partial charge in [0, 0.05) is 16.6 Å². The van der Waals surface area contributed by atoms with Crippen LogP contribution in [0.3, 0.4) is 0 Å². The molecule has 3 rings (SSSR count). The summed E-state index contributed by atoms with van der Waals surface area (Å²) in [6.07, 6.45) is 1.11. The van der Waals surface area contributed by atoms with E-state index >= 15 is 0 Å². The monoisotopic (exact) mass is 344 g/mol. The standard InChI is InChI=1S/C19H21ClN2O2/c1-13(15-10-11-21-12-15)22-19(23)14-2-6-17(7-3-14)24-18-8-4-16(20)5-9-18/h2-9,13,15,21H,10-12H2,1H3,(H,22,23). The van der Waals surface area contributed by atoms with Gasteiger partial charge in [0.2, 0.25) is 0 Å². The van der Waals surface area contributed by atoms with E-state index in [1.807, 2.05) is 0 Å². The van der Waals surface area contributed by atoms with E-state index in [0.29, 0.717) is 28.0 Å². The Kier molecular flexibility index (Phi) is 5.38. The third kappa shape index (κ3) is 4.28. The molecular weight excluding hydrogens is 324 g/mol. The van der Waals surface area contributed by atoms with Crippen LogP contribution < -0.4 is 15.4 Å². The van der Waals surface area contributed by atoms with E-state index in [4.69, 9.17) is 16.3 Å². The number of nitrogens with one attached hydrogen (secondary N) is 2. The van der Waals surface area contributed by atoms with Gasteiger partial charge in [0.1, 0.15) is 11.5 Å². The van der Waals surface area contributed by atoms with Crippen molar-refractivity contribution in [3.05, 3.63) is 59.1 Å². The number of halogens is 1. The molecule has 1 saturated heterocycles. The minimum Gasteiger partial charge on any atom is -0.457 e. The van der Waals surface area contributed by atoms with E-state index in [-0.39, 0.29) is 11.9 Å². The first-order valence-corrected chi connectivity index (χ1v) is 8.55. The molecule has 0 saturated carbocycles. The molecule has 0 spiro atoms. The molecule has 2 N–H and O–H groups in total. The SMILES string of the molecule is CC(NC(=O)c1ccc(Oc2ccc(Cl)cc2)cc1)C1CCNC1. The Hall–Kier alpha value is -2.04. The predicted molar refractivity (Wildman–Crippen MR) is 95.9 cm³/mol. The predicted octanol–water partition coefficient (Wildman–Crippen LogP) is 3.86. The van der Waals surface area contributed by atoms with Crippen molar-refractivity contribution in [3.8, 4) is 11.5 Å². The van der Waals surface area contributed by atoms with Crippen molar-refractivity contribution in [2.75, 3.05) is 13.1 Å². The molecule has 24 heavy (non-hydrogen) atoms. The number of hydrogen-bond donors (Lipinski definition) is 2. The average molecular weight is 345 g/mol. The Labute approximate surface area is 147 Å². The lowest BCUT2D eigenvalue weighted by Gasteiger charge is -2.19. The van der Waals surface area contributed by atoms with Crippen molar-refractivity contribution < 1.29 is 9.53 Å². The van der Waals surface area contributed by atoms with Crippen LogP contribution in [-0.4, -0.2) is 25.0 Å². The van der Waals surface area contributed by atoms with Crippen LogP contribution in [0, 0.1) is 5.92 Å². The summed E-state index contributed by atoms with van der Waals surface area (Å²) in [5, 5.41) is 7.07. The number of rotatable bonds is 5. The van der Waals surface area contributed by atoms with Gasteiger partial charge in [0.05, 0.1) is 0 Å². The maximum absolute atomic E-state index is 12.3. The molecule has 0 aliphatic carbocycles. The van der Waals surface area contributed by atoms with Gasteiger partial charge >= 0.3 is 0 Å². The van der Waals surface area contributed by atoms with E-state index in [9.17, 15) is 4.79 Å². The fraction of sp³-hybridized carbons (Fsp3) is 0.316. The summed E-state index contributed by atoms with van der Waals surface area (Å²) in [5.74, 6) is 1.84. The fourth-order valence-corrected chi connectivity index (χ4v) is 2.95. The molecule has 1 fully saturated rings. The number of carbonyl (C=O) groups excluding carboxylic acids is 1. The lowest BCUT2D eigenvalue weighted by atomic mass is 10.0. The van der Waals surface area contributed by atoms with Crippen molar-refractivity contribution in [3.63, 3.8) is 0 Å². The average Bonchev–Trinajstić information content (AvgIpc) is 3.12. The number of amides is 1. The first kappa shape index (κ1) is 16.8. The lowest BCUT2D eigenvalue weighted by Crippen LogP contribution is -2.38. The van der Waals surface area contributed by atoms with Crippen LogP contribution in [0.25, 0.3) is 0 Å². The normalized spacial score (nSPS) is 18.2. The second-order valence-electron chi connectivity index (χ2n) is 6.10. The highest BCUT2D eigenvalue weighted by Crippen LogP contribution is 2.23. The molecule has 126 valence electrons. The molecule has 1 aliphatic rings. The third-order valence-electron chi connectivity index (χ3n) is 4.33. The van der Waals surface area contributed by atoms with E-state index < -0.39 is 0 Å². The van der Waals surface area contributed by atoms with Gasteiger partial charge in [0.25, 0.3) is 5.91 Å². The summed E-state index contributed by atoms with van der Waals surface area (Å²) >= 11 is 5.85. The second kappa shape index (κ2) is 7.69. The maximum atomic E-state index is 12.3. The summed E-state index contributed by atoms with van der Waals surface area (Å²) in [4.78, 5) is 12.3. The number of benzene rings is 2. The molecule has 5 heteroatoms. The summed E-state index contributed by atoms with van der Waals surface area (Å²) in [6, 6.07) is 14.5. The van der Waals surface area contributed by atoms with Crippen LogP contribution in [0.4, 0.5) is 0 Å². The van der Waals surface area contributed by atoms with Crippen LogP contribution >= 0.6 is 11.6 Å². The quantitative estimate of drug-likeness (QED) is 0.866. The van der Waals surface area contributed by atoms with Gasteiger partial charge in [-0.25, -0.2) is 0 Å². The highest BCUT2D eigenvalue weighted by atomic mass is 35.5. The molecule has 0 aromatic heterocycles. The van der Waals surface area contributed by atoms with Crippen LogP contribution in [-0.2, 0) is 0 Å². The summed E-state index contributed by atoms with van der Waals surface area (Å²) in [6.45, 7) is 4.06. The highest BCUT2D eigenvalue weighted by molar-refractivity contribution is 6.30. The maximum Gasteiger partial charge on any atom is 0.251 e. The molecule has 1 heterocycles. The van der Waals surface area contributed by atoms with Crippen LogP contribution in [0.5, 0.6) is 11.5 Å². The molecule has 1 amide bonds. The van der Waals surface area contributed by atoms with E-state index in [0.717, 1.165) is 19.5 Å². The molecule has 0 bridgehead atoms. The Balaban J connectivity index is 1.59. The van der Waals surface area contributed by atoms with Gasteiger partial charge in [-0.05, 0) is 80.9 Å². The smallest absolute Gasteiger partial charge is 0.251 e. The fourth-order valence-electron chi connectivity index (χ4n) is 2.82. The van der Waals surface area contributed by atoms with Gasteiger partial charge < -0.3 is 15.4 Å². The van der Waals surface area contributed by atoms with Crippen LogP contribution in [0.2, 0.25) is 5.02 Å². The number of carbonyl (C=O) groups is 1. The first-order chi connectivity index (χ1) is 11.6. The van der Waals surface area contributed by atoms with Gasteiger partial charge in [0.15, 0.2) is 0 Å². The van der Waals surface area contributed by atoms with Crippen molar-refractivity contribution in [1.82, 2.24) is 10.6 Å². The van der Waals surface area contributed by atoms with Crippen molar-refractivity contribution in [2.24, 2.45) is 5.92 Å². The van der Waals surface area contributed by atoms with E-state index in [2.05, 4.69) is 17.6 Å². The molecule has 2 aromatic rings. The highest BCUT2D eigenvalue weighted by Gasteiger charge is 2.22. The Bertz CT molecular complexity index is 680. The zero-order chi connectivity index (χ0) is 16.9. The Morgan fingerprint density at radius 2 is 1.79 bits per heavy atom. The van der Waals surface area contributed by atoms with Crippen LogP contribution in [0.1, 0.15) is 23.7 Å². The number of hydrogen-bond acceptors (Lipinski definition) is 3. The summed E-state index contributed by atoms with van der Waals surface area (Å²) in [7, 11) is 0. The summed E-state index contributed by atoms with van der Waals surface area (Å²) < 4.78 is 5.73. The summed E-state index contributed by atoms with van der Waals surface area (Å²) in [5.41, 5.74) is 0.635. The molecular formula is C19H21ClN2O2. The lowest BCUT2D eigenvalue weighted by molar-refractivity contribution is 0.0929. The molecule has 1 aliphatic heterocycles. The third-order valence-corrected chi connectivity index (χ3v) is 4.58. The largest absolute Gasteiger partial charge is 0.457 e. The van der Waals surface area contributed by atoms with E-state index in [1.165, 1.54) is 0 Å². The first-order valence-electron chi connectivity index (χ1n) is 8.17. The van der Waals surface area contributed by atoms with Crippen molar-refractivity contribution in [2.45, 2.75) is 19.4 Å². The minimum absolute atomic E-state index is 0.0487. The zero-order valence-corrected chi connectivity index (χ0v) is 14.3. The molecule has 2 atom stereocenters. The van der Waals surface area contributed by atoms with Crippen molar-refractivity contribution >= 4 is 17.5 Å². The van der Waals surface area contributed by atoms with Crippen molar-refractivity contribution in [1.29, 1.82) is 0 Å². The van der Waals surface area contributed by atoms with Gasteiger partial charge in [-0.3, -0.25) is 4.79 Å². The Morgan fingerprint density at radius 3 is 2.38 bits per heavy atom. The van der Waals surface area contributed by atoms with E-state index in [1.54, 1.807) is 48.5 Å². The van der Waals surface area contributed by atoms with Gasteiger partial charge in [-0.2, -0.15) is 0 Å². The zero-order valence-electron chi connectivity index (χ0n) is 13.6. The van der Waals surface area contributed by atoms with Crippen LogP contribution in [0.15, 0.2) is 48.5 Å². The topological polar surface area (TPSA) is 50.4 Å². The molecule has 0 radical (unpaired) electrons. The molecule has 2 unspecified atom stereocenters. The molecule has 2 aromatic carbocycles.